The summed E-state index contributed by atoms with van der Waals surface area (Å²) in [5.74, 6) is -0.928. The summed E-state index contributed by atoms with van der Waals surface area (Å²) < 4.78 is 0. The van der Waals surface area contributed by atoms with Crippen LogP contribution in [0.2, 0.25) is 5.02 Å². The van der Waals surface area contributed by atoms with Crippen molar-refractivity contribution in [3.05, 3.63) is 23.2 Å². The molecule has 1 fully saturated rings. The van der Waals surface area contributed by atoms with Crippen molar-refractivity contribution < 1.29 is 14.4 Å². The number of carbonyl (C=O) groups is 3. The van der Waals surface area contributed by atoms with Gasteiger partial charge >= 0.3 is 6.03 Å². The fraction of sp³-hybridized carbons (Fsp3) is 0.250. The Balaban J connectivity index is 2.04. The summed E-state index contributed by atoms with van der Waals surface area (Å²) >= 11 is 5.80. The van der Waals surface area contributed by atoms with Crippen molar-refractivity contribution in [1.82, 2.24) is 9.80 Å². The zero-order valence-electron chi connectivity index (χ0n) is 10.7. The van der Waals surface area contributed by atoms with Crippen LogP contribution >= 0.6 is 11.6 Å². The summed E-state index contributed by atoms with van der Waals surface area (Å²) in [7, 11) is 1.49. The number of nitrogens with zero attached hydrogens (tertiary/aromatic N) is 2. The van der Waals surface area contributed by atoms with Gasteiger partial charge in [0, 0.05) is 12.1 Å². The Bertz CT molecular complexity index is 590. The first kappa shape index (κ1) is 14.1. The molecule has 0 atom stereocenters. The van der Waals surface area contributed by atoms with Gasteiger partial charge in [0.05, 0.1) is 11.4 Å². The first-order valence-corrected chi connectivity index (χ1v) is 6.16. The zero-order valence-corrected chi connectivity index (χ0v) is 11.5. The smallest absolute Gasteiger partial charge is 0.327 e. The number of hydrogen-bond donors (Lipinski definition) is 2. The average Bonchev–Trinajstić information content (AvgIpc) is 2.61. The highest BCUT2D eigenvalue weighted by Crippen LogP contribution is 2.22. The number of likely N-dealkylation sites (N-methyl/N-ethyl adjacent to an activating group) is 1. The SMILES string of the molecule is CN1CC(=O)N(CC(=O)Nc2cc(Cl)ccc2N)C1=O. The minimum atomic E-state index is -0.518. The van der Waals surface area contributed by atoms with Gasteiger partial charge in [-0.3, -0.25) is 14.5 Å². The second kappa shape index (κ2) is 5.38. The lowest BCUT2D eigenvalue weighted by Crippen LogP contribution is -2.38. The van der Waals surface area contributed by atoms with Crippen molar-refractivity contribution in [2.45, 2.75) is 0 Å². The van der Waals surface area contributed by atoms with E-state index in [2.05, 4.69) is 5.32 Å². The molecule has 106 valence electrons. The molecule has 1 aromatic carbocycles. The van der Waals surface area contributed by atoms with E-state index in [0.717, 1.165) is 4.90 Å². The van der Waals surface area contributed by atoms with Crippen LogP contribution in [0.15, 0.2) is 18.2 Å². The van der Waals surface area contributed by atoms with Crippen LogP contribution < -0.4 is 11.1 Å². The Labute approximate surface area is 120 Å². The molecule has 1 aliphatic heterocycles. The van der Waals surface area contributed by atoms with E-state index >= 15 is 0 Å². The van der Waals surface area contributed by atoms with Crippen molar-refractivity contribution >= 4 is 40.8 Å². The predicted octanol–water partition coefficient (Wildman–Crippen LogP) is 0.755. The molecule has 8 heteroatoms. The summed E-state index contributed by atoms with van der Waals surface area (Å²) in [5, 5.41) is 2.94. The van der Waals surface area contributed by atoms with Crippen LogP contribution in [0.5, 0.6) is 0 Å². The maximum Gasteiger partial charge on any atom is 0.327 e. The molecule has 0 radical (unpaired) electrons. The number of benzene rings is 1. The third-order valence-corrected chi connectivity index (χ3v) is 3.06. The molecule has 7 nitrogen and oxygen atoms in total. The van der Waals surface area contributed by atoms with Crippen LogP contribution in [0.25, 0.3) is 0 Å². The van der Waals surface area contributed by atoms with Gasteiger partial charge in [-0.2, -0.15) is 0 Å². The molecular weight excluding hydrogens is 284 g/mol. The van der Waals surface area contributed by atoms with Gasteiger partial charge in [0.15, 0.2) is 0 Å². The Morgan fingerprint density at radius 2 is 2.15 bits per heavy atom. The average molecular weight is 297 g/mol. The van der Waals surface area contributed by atoms with E-state index < -0.39 is 17.8 Å². The number of nitrogens with two attached hydrogens (primary N) is 1. The van der Waals surface area contributed by atoms with E-state index in [9.17, 15) is 14.4 Å². The monoisotopic (exact) mass is 296 g/mol. The third kappa shape index (κ3) is 2.83. The lowest BCUT2D eigenvalue weighted by Gasteiger charge is -2.14. The summed E-state index contributed by atoms with van der Waals surface area (Å²) in [6, 6.07) is 4.14. The highest BCUT2D eigenvalue weighted by molar-refractivity contribution is 6.31. The van der Waals surface area contributed by atoms with Crippen molar-refractivity contribution in [1.29, 1.82) is 0 Å². The summed E-state index contributed by atoms with van der Waals surface area (Å²) in [4.78, 5) is 37.2. The van der Waals surface area contributed by atoms with Crippen LogP contribution in [-0.4, -0.2) is 47.8 Å². The first-order chi connectivity index (χ1) is 9.38. The van der Waals surface area contributed by atoms with E-state index in [4.69, 9.17) is 17.3 Å². The third-order valence-electron chi connectivity index (χ3n) is 2.82. The lowest BCUT2D eigenvalue weighted by molar-refractivity contribution is -0.129. The lowest BCUT2D eigenvalue weighted by atomic mass is 10.2. The molecule has 1 saturated heterocycles. The number of imide groups is 1. The quantitative estimate of drug-likeness (QED) is 0.635. The van der Waals surface area contributed by atoms with Gasteiger partial charge in [-0.25, -0.2) is 4.79 Å². The van der Waals surface area contributed by atoms with Gasteiger partial charge in [0.1, 0.15) is 13.1 Å². The summed E-state index contributed by atoms with van der Waals surface area (Å²) in [6.07, 6.45) is 0. The number of nitrogens with one attached hydrogen (secondary N) is 1. The molecule has 4 amide bonds. The van der Waals surface area contributed by atoms with Crippen molar-refractivity contribution in [3.63, 3.8) is 0 Å². The minimum Gasteiger partial charge on any atom is -0.397 e. The number of anilines is 2. The zero-order chi connectivity index (χ0) is 14.9. The van der Waals surface area contributed by atoms with Crippen LogP contribution in [0.3, 0.4) is 0 Å². The number of amides is 4. The largest absolute Gasteiger partial charge is 0.397 e. The number of carbonyl (C=O) groups excluding carboxylic acids is 3. The number of urea groups is 1. The van der Waals surface area contributed by atoms with Gasteiger partial charge in [-0.15, -0.1) is 0 Å². The molecule has 1 aromatic rings. The minimum absolute atomic E-state index is 0.0224. The Kier molecular flexibility index (Phi) is 3.80. The molecule has 20 heavy (non-hydrogen) atoms. The molecule has 1 heterocycles. The van der Waals surface area contributed by atoms with Gasteiger partial charge in [0.2, 0.25) is 5.91 Å². The number of halogens is 1. The van der Waals surface area contributed by atoms with Crippen molar-refractivity contribution in [3.8, 4) is 0 Å². The molecule has 3 N–H and O–H groups in total. The topological polar surface area (TPSA) is 95.7 Å². The predicted molar refractivity (Wildman–Crippen MR) is 74.2 cm³/mol. The highest BCUT2D eigenvalue weighted by Gasteiger charge is 2.34. The fourth-order valence-corrected chi connectivity index (χ4v) is 1.97. The number of hydrogen-bond acceptors (Lipinski definition) is 4. The highest BCUT2D eigenvalue weighted by atomic mass is 35.5. The second-order valence-electron chi connectivity index (χ2n) is 4.40. The van der Waals surface area contributed by atoms with E-state index in [1.807, 2.05) is 0 Å². The maximum atomic E-state index is 11.9. The van der Waals surface area contributed by atoms with E-state index in [1.54, 1.807) is 12.1 Å². The molecule has 0 spiro atoms. The molecular formula is C12H13ClN4O3. The van der Waals surface area contributed by atoms with Gasteiger partial charge in [-0.05, 0) is 18.2 Å². The van der Waals surface area contributed by atoms with Crippen molar-refractivity contribution in [2.75, 3.05) is 31.2 Å². The van der Waals surface area contributed by atoms with E-state index in [-0.39, 0.29) is 13.1 Å². The second-order valence-corrected chi connectivity index (χ2v) is 4.83. The summed E-state index contributed by atoms with van der Waals surface area (Å²) in [6.45, 7) is -0.376. The standard InChI is InChI=1S/C12H13ClN4O3/c1-16-6-11(19)17(12(16)20)5-10(18)15-9-4-7(13)2-3-8(9)14/h2-4H,5-6,14H2,1H3,(H,15,18). The van der Waals surface area contributed by atoms with Crippen LogP contribution in [0.1, 0.15) is 0 Å². The van der Waals surface area contributed by atoms with Crippen molar-refractivity contribution in [2.24, 2.45) is 0 Å². The first-order valence-electron chi connectivity index (χ1n) is 5.79. The summed E-state index contributed by atoms with van der Waals surface area (Å²) in [5.41, 5.74) is 6.38. The van der Waals surface area contributed by atoms with Gasteiger partial charge < -0.3 is 16.0 Å². The molecule has 0 bridgehead atoms. The van der Waals surface area contributed by atoms with Crippen LogP contribution in [-0.2, 0) is 9.59 Å². The number of nitrogen functional groups attached to an aromatic ring is 1. The molecule has 0 aliphatic carbocycles. The molecule has 0 unspecified atom stereocenters. The van der Waals surface area contributed by atoms with Gasteiger partial charge in [0.25, 0.3) is 5.91 Å². The Morgan fingerprint density at radius 1 is 1.45 bits per heavy atom. The molecule has 2 rings (SSSR count). The Morgan fingerprint density at radius 3 is 2.75 bits per heavy atom. The number of rotatable bonds is 3. The molecule has 0 aromatic heterocycles. The van der Waals surface area contributed by atoms with Crippen LogP contribution in [0, 0.1) is 0 Å². The van der Waals surface area contributed by atoms with Crippen LogP contribution in [0.4, 0.5) is 16.2 Å². The molecule has 0 saturated carbocycles. The van der Waals surface area contributed by atoms with E-state index in [0.29, 0.717) is 16.4 Å². The fourth-order valence-electron chi connectivity index (χ4n) is 1.79. The van der Waals surface area contributed by atoms with E-state index in [1.165, 1.54) is 18.0 Å². The normalized spacial score (nSPS) is 14.9. The maximum absolute atomic E-state index is 11.9. The van der Waals surface area contributed by atoms with Gasteiger partial charge in [-0.1, -0.05) is 11.6 Å². The molecule has 1 aliphatic rings. The Hall–Kier alpha value is -2.28.